The predicted octanol–water partition coefficient (Wildman–Crippen LogP) is 2.92. The summed E-state index contributed by atoms with van der Waals surface area (Å²) in [5, 5.41) is 6.61. The van der Waals surface area contributed by atoms with E-state index in [0.717, 1.165) is 19.5 Å². The molecule has 0 atom stereocenters. The van der Waals surface area contributed by atoms with Gasteiger partial charge in [0.25, 0.3) is 0 Å². The summed E-state index contributed by atoms with van der Waals surface area (Å²) in [4.78, 5) is 7.24. The highest BCUT2D eigenvalue weighted by molar-refractivity contribution is 7.13. The zero-order valence-corrected chi connectivity index (χ0v) is 12.6. The van der Waals surface area contributed by atoms with E-state index in [2.05, 4.69) is 29.4 Å². The monoisotopic (exact) mass is 267 g/mol. The van der Waals surface area contributed by atoms with Crippen LogP contribution in [0.15, 0.2) is 5.38 Å². The zero-order valence-electron chi connectivity index (χ0n) is 11.8. The molecule has 0 aromatic carbocycles. The first kappa shape index (κ1) is 13.8. The molecule has 0 spiro atoms. The maximum absolute atomic E-state index is 4.77. The minimum atomic E-state index is 0.501. The fraction of sp³-hybridized carbons (Fsp3) is 0.786. The third-order valence-corrected chi connectivity index (χ3v) is 4.73. The van der Waals surface area contributed by atoms with Gasteiger partial charge in [0.05, 0.1) is 5.69 Å². The van der Waals surface area contributed by atoms with E-state index in [1.165, 1.54) is 36.6 Å². The van der Waals surface area contributed by atoms with Gasteiger partial charge < -0.3 is 10.2 Å². The lowest BCUT2D eigenvalue weighted by Gasteiger charge is -2.22. The molecule has 1 saturated heterocycles. The number of rotatable bonds is 4. The molecule has 0 aliphatic carbocycles. The van der Waals surface area contributed by atoms with Crippen LogP contribution in [0, 0.1) is 5.41 Å². The number of thiazole rings is 1. The summed E-state index contributed by atoms with van der Waals surface area (Å²) in [6.45, 7) is 8.11. The van der Waals surface area contributed by atoms with E-state index in [4.69, 9.17) is 4.98 Å². The van der Waals surface area contributed by atoms with Crippen LogP contribution in [0.2, 0.25) is 0 Å². The Morgan fingerprint density at radius 1 is 1.39 bits per heavy atom. The molecule has 0 bridgehead atoms. The van der Waals surface area contributed by atoms with Crippen molar-refractivity contribution >= 4 is 16.5 Å². The molecule has 102 valence electrons. The molecule has 1 aliphatic rings. The van der Waals surface area contributed by atoms with Crippen LogP contribution in [-0.2, 0) is 6.42 Å². The van der Waals surface area contributed by atoms with Crippen LogP contribution < -0.4 is 10.2 Å². The SMILES string of the molecule is CNCCc1csc(N2CCCC(C)(C)CC2)n1. The maximum atomic E-state index is 4.77. The number of nitrogens with one attached hydrogen (secondary N) is 1. The average molecular weight is 267 g/mol. The first-order valence-corrected chi connectivity index (χ1v) is 7.83. The van der Waals surface area contributed by atoms with Crippen molar-refractivity contribution in [2.75, 3.05) is 31.6 Å². The summed E-state index contributed by atoms with van der Waals surface area (Å²) in [6, 6.07) is 0. The number of hydrogen-bond donors (Lipinski definition) is 1. The standard InChI is InChI=1S/C14H25N3S/c1-14(2)6-4-9-17(10-7-14)13-16-12(11-18-13)5-8-15-3/h11,15H,4-10H2,1-3H3. The second kappa shape index (κ2) is 6.02. The zero-order chi connectivity index (χ0) is 13.0. The number of likely N-dealkylation sites (N-methyl/N-ethyl adjacent to an activating group) is 1. The van der Waals surface area contributed by atoms with E-state index in [1.807, 2.05) is 7.05 Å². The number of hydrogen-bond acceptors (Lipinski definition) is 4. The van der Waals surface area contributed by atoms with Gasteiger partial charge in [-0.25, -0.2) is 4.98 Å². The highest BCUT2D eigenvalue weighted by Crippen LogP contribution is 2.32. The third-order valence-electron chi connectivity index (χ3n) is 3.78. The quantitative estimate of drug-likeness (QED) is 0.909. The van der Waals surface area contributed by atoms with Gasteiger partial charge in [0.15, 0.2) is 5.13 Å². The Hall–Kier alpha value is -0.610. The summed E-state index contributed by atoms with van der Waals surface area (Å²) in [5.74, 6) is 0. The Balaban J connectivity index is 1.96. The molecule has 2 rings (SSSR count). The molecule has 3 nitrogen and oxygen atoms in total. The van der Waals surface area contributed by atoms with E-state index < -0.39 is 0 Å². The lowest BCUT2D eigenvalue weighted by molar-refractivity contribution is 0.325. The minimum Gasteiger partial charge on any atom is -0.348 e. The van der Waals surface area contributed by atoms with Crippen molar-refractivity contribution in [1.29, 1.82) is 0 Å². The van der Waals surface area contributed by atoms with Gasteiger partial charge in [-0.05, 0) is 31.7 Å². The van der Waals surface area contributed by atoms with Crippen molar-refractivity contribution in [3.63, 3.8) is 0 Å². The molecular weight excluding hydrogens is 242 g/mol. The molecule has 2 heterocycles. The Labute approximate surface area is 115 Å². The van der Waals surface area contributed by atoms with Crippen molar-refractivity contribution in [3.8, 4) is 0 Å². The Morgan fingerprint density at radius 2 is 2.22 bits per heavy atom. The summed E-state index contributed by atoms with van der Waals surface area (Å²) in [7, 11) is 1.99. The van der Waals surface area contributed by atoms with Crippen molar-refractivity contribution in [1.82, 2.24) is 10.3 Å². The van der Waals surface area contributed by atoms with Crippen LogP contribution in [0.5, 0.6) is 0 Å². The molecule has 4 heteroatoms. The second-order valence-electron chi connectivity index (χ2n) is 5.98. The summed E-state index contributed by atoms with van der Waals surface area (Å²) in [6.07, 6.45) is 4.94. The second-order valence-corrected chi connectivity index (χ2v) is 6.82. The highest BCUT2D eigenvalue weighted by Gasteiger charge is 2.24. The van der Waals surface area contributed by atoms with Crippen LogP contribution in [0.1, 0.15) is 38.8 Å². The van der Waals surface area contributed by atoms with Gasteiger partial charge in [-0.2, -0.15) is 0 Å². The topological polar surface area (TPSA) is 28.2 Å². The molecule has 1 aromatic heterocycles. The van der Waals surface area contributed by atoms with E-state index in [9.17, 15) is 0 Å². The molecule has 0 saturated carbocycles. The average Bonchev–Trinajstić information content (AvgIpc) is 2.72. The van der Waals surface area contributed by atoms with Gasteiger partial charge in [0.2, 0.25) is 0 Å². The number of nitrogens with zero attached hydrogens (tertiary/aromatic N) is 2. The van der Waals surface area contributed by atoms with Crippen LogP contribution >= 0.6 is 11.3 Å². The number of aromatic nitrogens is 1. The fourth-order valence-electron chi connectivity index (χ4n) is 2.42. The van der Waals surface area contributed by atoms with Crippen LogP contribution in [0.25, 0.3) is 0 Å². The first-order valence-electron chi connectivity index (χ1n) is 6.95. The van der Waals surface area contributed by atoms with Gasteiger partial charge >= 0.3 is 0 Å². The van der Waals surface area contributed by atoms with E-state index in [-0.39, 0.29) is 0 Å². The van der Waals surface area contributed by atoms with Crippen molar-refractivity contribution < 1.29 is 0 Å². The molecular formula is C14H25N3S. The predicted molar refractivity (Wildman–Crippen MR) is 79.6 cm³/mol. The molecule has 18 heavy (non-hydrogen) atoms. The largest absolute Gasteiger partial charge is 0.348 e. The van der Waals surface area contributed by atoms with Gasteiger partial charge in [0, 0.05) is 31.4 Å². The minimum absolute atomic E-state index is 0.501. The van der Waals surface area contributed by atoms with Crippen LogP contribution in [0.4, 0.5) is 5.13 Å². The highest BCUT2D eigenvalue weighted by atomic mass is 32.1. The first-order chi connectivity index (χ1) is 8.61. The Kier molecular flexibility index (Phi) is 4.62. The summed E-state index contributed by atoms with van der Waals surface area (Å²) < 4.78 is 0. The van der Waals surface area contributed by atoms with E-state index in [1.54, 1.807) is 11.3 Å². The molecule has 0 amide bonds. The van der Waals surface area contributed by atoms with Crippen molar-refractivity contribution in [2.45, 2.75) is 39.5 Å². The maximum Gasteiger partial charge on any atom is 0.185 e. The van der Waals surface area contributed by atoms with Gasteiger partial charge in [-0.1, -0.05) is 13.8 Å². The van der Waals surface area contributed by atoms with Crippen LogP contribution in [0.3, 0.4) is 0 Å². The Morgan fingerprint density at radius 3 is 3.00 bits per heavy atom. The molecule has 1 aliphatic heterocycles. The normalized spacial score (nSPS) is 19.8. The van der Waals surface area contributed by atoms with Gasteiger partial charge in [-0.15, -0.1) is 11.3 Å². The van der Waals surface area contributed by atoms with Crippen molar-refractivity contribution in [2.24, 2.45) is 5.41 Å². The third kappa shape index (κ3) is 3.69. The van der Waals surface area contributed by atoms with Crippen molar-refractivity contribution in [3.05, 3.63) is 11.1 Å². The molecule has 0 unspecified atom stereocenters. The smallest absolute Gasteiger partial charge is 0.185 e. The van der Waals surface area contributed by atoms with Crippen LogP contribution in [-0.4, -0.2) is 31.7 Å². The summed E-state index contributed by atoms with van der Waals surface area (Å²) in [5.41, 5.74) is 1.73. The van der Waals surface area contributed by atoms with Gasteiger partial charge in [0.1, 0.15) is 0 Å². The fourth-order valence-corrected chi connectivity index (χ4v) is 3.34. The lowest BCUT2D eigenvalue weighted by atomic mass is 9.85. The molecule has 0 radical (unpaired) electrons. The Bertz CT molecular complexity index is 373. The lowest BCUT2D eigenvalue weighted by Crippen LogP contribution is -2.24. The number of anilines is 1. The summed E-state index contributed by atoms with van der Waals surface area (Å²) >= 11 is 1.80. The van der Waals surface area contributed by atoms with Gasteiger partial charge in [-0.3, -0.25) is 0 Å². The molecule has 1 N–H and O–H groups in total. The van der Waals surface area contributed by atoms with E-state index >= 15 is 0 Å². The molecule has 1 fully saturated rings. The molecule has 1 aromatic rings. The van der Waals surface area contributed by atoms with E-state index in [0.29, 0.717) is 5.41 Å².